The van der Waals surface area contributed by atoms with E-state index in [9.17, 15) is 22.4 Å². The largest absolute Gasteiger partial charge is 0.497 e. The Hall–Kier alpha value is -3.14. The van der Waals surface area contributed by atoms with Crippen LogP contribution in [-0.2, 0) is 26.2 Å². The van der Waals surface area contributed by atoms with Crippen molar-refractivity contribution in [2.45, 2.75) is 38.8 Å². The number of carbonyl (C=O) groups is 2. The van der Waals surface area contributed by atoms with Gasteiger partial charge in [0.25, 0.3) is 0 Å². The van der Waals surface area contributed by atoms with Gasteiger partial charge in [-0.1, -0.05) is 19.1 Å². The second-order valence-corrected chi connectivity index (χ2v) is 9.73. The Kier molecular flexibility index (Phi) is 9.85. The van der Waals surface area contributed by atoms with Gasteiger partial charge in [-0.2, -0.15) is 0 Å². The number of amides is 2. The number of methoxy groups -OCH3 is 1. The Balaban J connectivity index is 2.19. The molecule has 1 unspecified atom stereocenters. The average molecular weight is 494 g/mol. The van der Waals surface area contributed by atoms with Crippen molar-refractivity contribution in [2.24, 2.45) is 0 Å². The first kappa shape index (κ1) is 27.1. The predicted octanol–water partition coefficient (Wildman–Crippen LogP) is 2.93. The van der Waals surface area contributed by atoms with Gasteiger partial charge >= 0.3 is 0 Å². The molecule has 1 N–H and O–H groups in total. The van der Waals surface area contributed by atoms with E-state index >= 15 is 0 Å². The molecule has 0 radical (unpaired) electrons. The summed E-state index contributed by atoms with van der Waals surface area (Å²) in [6.07, 6.45) is 1.74. The smallest absolute Gasteiger partial charge is 0.242 e. The molecular weight excluding hydrogens is 461 g/mol. The van der Waals surface area contributed by atoms with Gasteiger partial charge in [0.2, 0.25) is 21.8 Å². The van der Waals surface area contributed by atoms with Crippen molar-refractivity contribution in [1.82, 2.24) is 10.2 Å². The number of sulfonamides is 1. The van der Waals surface area contributed by atoms with Gasteiger partial charge < -0.3 is 15.0 Å². The Bertz CT molecular complexity index is 1080. The summed E-state index contributed by atoms with van der Waals surface area (Å²) in [6.45, 7) is 2.07. The van der Waals surface area contributed by atoms with E-state index in [1.807, 2.05) is 19.1 Å². The van der Waals surface area contributed by atoms with Gasteiger partial charge in [-0.25, -0.2) is 12.8 Å². The van der Waals surface area contributed by atoms with Crippen molar-refractivity contribution in [2.75, 3.05) is 31.3 Å². The zero-order valence-electron chi connectivity index (χ0n) is 20.0. The highest BCUT2D eigenvalue weighted by atomic mass is 32.2. The van der Waals surface area contributed by atoms with E-state index in [-0.39, 0.29) is 37.7 Å². The summed E-state index contributed by atoms with van der Waals surface area (Å²) in [5, 5.41) is 2.60. The molecule has 0 spiro atoms. The molecule has 0 aliphatic carbocycles. The quantitative estimate of drug-likeness (QED) is 0.491. The lowest BCUT2D eigenvalue weighted by Crippen LogP contribution is -2.48. The van der Waals surface area contributed by atoms with Gasteiger partial charge in [0.05, 0.1) is 19.1 Å². The molecular formula is C24H32FN3O5S. The van der Waals surface area contributed by atoms with Crippen LogP contribution < -0.4 is 14.4 Å². The van der Waals surface area contributed by atoms with E-state index in [0.717, 1.165) is 16.1 Å². The molecule has 0 aliphatic rings. The normalized spacial score (nSPS) is 12.0. The van der Waals surface area contributed by atoms with E-state index in [1.54, 1.807) is 19.2 Å². The number of nitrogens with zero attached hydrogens (tertiary/aromatic N) is 2. The number of likely N-dealkylation sites (N-methyl/N-ethyl adjacent to an activating group) is 1. The third kappa shape index (κ3) is 7.44. The third-order valence-corrected chi connectivity index (χ3v) is 6.58. The lowest BCUT2D eigenvalue weighted by atomic mass is 10.1. The van der Waals surface area contributed by atoms with Crippen molar-refractivity contribution in [3.63, 3.8) is 0 Å². The van der Waals surface area contributed by atoms with Crippen LogP contribution >= 0.6 is 0 Å². The van der Waals surface area contributed by atoms with E-state index in [4.69, 9.17) is 4.74 Å². The number of halogens is 1. The molecule has 0 aliphatic heterocycles. The molecule has 0 heterocycles. The number of rotatable bonds is 12. The van der Waals surface area contributed by atoms with Crippen LogP contribution in [0.5, 0.6) is 5.75 Å². The molecule has 2 aromatic carbocycles. The van der Waals surface area contributed by atoms with E-state index < -0.39 is 21.9 Å². The number of ether oxygens (including phenoxy) is 1. The standard InChI is InChI=1S/C24H32FN3O5S/c1-5-22(24(30)26-2)27(17-18-8-6-9-21(16-18)33-3)23(29)10-7-15-28(34(4,31)32)20-13-11-19(25)12-14-20/h6,8-9,11-14,16,22H,5,7,10,15,17H2,1-4H3,(H,26,30). The van der Waals surface area contributed by atoms with Crippen LogP contribution in [0.25, 0.3) is 0 Å². The molecule has 0 bridgehead atoms. The number of benzene rings is 2. The molecule has 10 heteroatoms. The predicted molar refractivity (Wildman–Crippen MR) is 130 cm³/mol. The van der Waals surface area contributed by atoms with Crippen molar-refractivity contribution in [1.29, 1.82) is 0 Å². The summed E-state index contributed by atoms with van der Waals surface area (Å²) < 4.78 is 44.2. The minimum atomic E-state index is -3.64. The van der Waals surface area contributed by atoms with Crippen LogP contribution in [-0.4, -0.2) is 58.1 Å². The van der Waals surface area contributed by atoms with Gasteiger partial charge in [0, 0.05) is 26.6 Å². The van der Waals surface area contributed by atoms with Crippen molar-refractivity contribution < 1.29 is 27.1 Å². The Morgan fingerprint density at radius 3 is 2.38 bits per heavy atom. The number of hydrogen-bond donors (Lipinski definition) is 1. The molecule has 2 aromatic rings. The van der Waals surface area contributed by atoms with Crippen molar-refractivity contribution >= 4 is 27.5 Å². The maximum Gasteiger partial charge on any atom is 0.242 e. The van der Waals surface area contributed by atoms with Crippen LogP contribution in [0.4, 0.5) is 10.1 Å². The lowest BCUT2D eigenvalue weighted by Gasteiger charge is -2.31. The number of anilines is 1. The minimum Gasteiger partial charge on any atom is -0.497 e. The molecule has 186 valence electrons. The fourth-order valence-corrected chi connectivity index (χ4v) is 4.63. The number of nitrogens with one attached hydrogen (secondary N) is 1. The Morgan fingerprint density at radius 1 is 1.15 bits per heavy atom. The van der Waals surface area contributed by atoms with Gasteiger partial charge in [0.1, 0.15) is 17.6 Å². The average Bonchev–Trinajstić information content (AvgIpc) is 2.81. The molecule has 34 heavy (non-hydrogen) atoms. The fraction of sp³-hybridized carbons (Fsp3) is 0.417. The first-order valence-electron chi connectivity index (χ1n) is 11.0. The van der Waals surface area contributed by atoms with Crippen molar-refractivity contribution in [3.05, 3.63) is 59.9 Å². The maximum atomic E-state index is 13.3. The van der Waals surface area contributed by atoms with Gasteiger partial charge in [-0.3, -0.25) is 13.9 Å². The highest BCUT2D eigenvalue weighted by molar-refractivity contribution is 7.92. The second kappa shape index (κ2) is 12.4. The van der Waals surface area contributed by atoms with Crippen molar-refractivity contribution in [3.8, 4) is 5.75 Å². The Labute approximate surface area is 200 Å². The first-order valence-corrected chi connectivity index (χ1v) is 12.8. The first-order chi connectivity index (χ1) is 16.1. The molecule has 2 rings (SSSR count). The number of carbonyl (C=O) groups excluding carboxylic acids is 2. The number of hydrogen-bond acceptors (Lipinski definition) is 5. The topological polar surface area (TPSA) is 96.0 Å². The van der Waals surface area contributed by atoms with Gasteiger partial charge in [-0.15, -0.1) is 0 Å². The van der Waals surface area contributed by atoms with E-state index in [1.165, 1.54) is 36.2 Å². The summed E-state index contributed by atoms with van der Waals surface area (Å²) in [7, 11) is -0.564. The summed E-state index contributed by atoms with van der Waals surface area (Å²) >= 11 is 0. The molecule has 0 saturated heterocycles. The lowest BCUT2D eigenvalue weighted by molar-refractivity contribution is -0.141. The Morgan fingerprint density at radius 2 is 1.82 bits per heavy atom. The molecule has 1 atom stereocenters. The fourth-order valence-electron chi connectivity index (χ4n) is 3.66. The second-order valence-electron chi connectivity index (χ2n) is 7.83. The summed E-state index contributed by atoms with van der Waals surface area (Å²) in [4.78, 5) is 27.2. The van der Waals surface area contributed by atoms with Crippen LogP contribution in [0.3, 0.4) is 0 Å². The van der Waals surface area contributed by atoms with Crippen LogP contribution in [0, 0.1) is 5.82 Å². The third-order valence-electron chi connectivity index (χ3n) is 5.39. The summed E-state index contributed by atoms with van der Waals surface area (Å²) in [5.74, 6) is -0.380. The highest BCUT2D eigenvalue weighted by Crippen LogP contribution is 2.21. The summed E-state index contributed by atoms with van der Waals surface area (Å²) in [5.41, 5.74) is 1.13. The zero-order chi connectivity index (χ0) is 25.3. The zero-order valence-corrected chi connectivity index (χ0v) is 20.8. The van der Waals surface area contributed by atoms with Gasteiger partial charge in [-0.05, 0) is 54.8 Å². The van der Waals surface area contributed by atoms with Gasteiger partial charge in [0.15, 0.2) is 0 Å². The monoisotopic (exact) mass is 493 g/mol. The molecule has 2 amide bonds. The molecule has 0 saturated carbocycles. The SMILES string of the molecule is CCC(C(=O)NC)N(Cc1cccc(OC)c1)C(=O)CCCN(c1ccc(F)cc1)S(C)(=O)=O. The van der Waals surface area contributed by atoms with E-state index in [2.05, 4.69) is 5.32 Å². The van der Waals surface area contributed by atoms with E-state index in [0.29, 0.717) is 17.9 Å². The molecule has 0 fully saturated rings. The molecule has 8 nitrogen and oxygen atoms in total. The highest BCUT2D eigenvalue weighted by Gasteiger charge is 2.28. The van der Waals surface area contributed by atoms with Crippen LogP contribution in [0.1, 0.15) is 31.7 Å². The van der Waals surface area contributed by atoms with Crippen LogP contribution in [0.2, 0.25) is 0 Å². The minimum absolute atomic E-state index is 0.0324. The maximum absolute atomic E-state index is 13.3. The van der Waals surface area contributed by atoms with Crippen LogP contribution in [0.15, 0.2) is 48.5 Å². The summed E-state index contributed by atoms with van der Waals surface area (Å²) in [6, 6.07) is 11.7. The molecule has 0 aromatic heterocycles.